The Hall–Kier alpha value is -3.19. The van der Waals surface area contributed by atoms with Gasteiger partial charge in [-0.05, 0) is 55.2 Å². The number of halogens is 1. The lowest BCUT2D eigenvalue weighted by Gasteiger charge is -2.33. The lowest BCUT2D eigenvalue weighted by Crippen LogP contribution is -2.36. The summed E-state index contributed by atoms with van der Waals surface area (Å²) < 4.78 is 0. The van der Waals surface area contributed by atoms with E-state index >= 15 is 0 Å². The highest BCUT2D eigenvalue weighted by Crippen LogP contribution is 2.24. The van der Waals surface area contributed by atoms with Gasteiger partial charge < -0.3 is 15.5 Å². The molecule has 7 nitrogen and oxygen atoms in total. The number of aromatic nitrogens is 3. The standard InChI is InChI=1S/C22H23ClN6O/c23-17-3-4-20(27-15-17)28-22(30)21-19(2-1-9-25-21)26-14-16-7-12-29(13-8-16)18-5-10-24-11-6-18/h1-6,9-11,15-16,26H,7-8,12-14H2,(H,27,28,30). The predicted octanol–water partition coefficient (Wildman–Crippen LogP) is 4.11. The van der Waals surface area contributed by atoms with Gasteiger partial charge in [-0.15, -0.1) is 0 Å². The Morgan fingerprint density at radius 2 is 1.87 bits per heavy atom. The third-order valence-electron chi connectivity index (χ3n) is 5.22. The fourth-order valence-corrected chi connectivity index (χ4v) is 3.67. The molecule has 0 unspecified atom stereocenters. The van der Waals surface area contributed by atoms with E-state index in [1.807, 2.05) is 24.5 Å². The van der Waals surface area contributed by atoms with Crippen LogP contribution in [0.5, 0.6) is 0 Å². The molecule has 8 heteroatoms. The molecule has 1 saturated heterocycles. The van der Waals surface area contributed by atoms with Crippen LogP contribution in [0, 0.1) is 5.92 Å². The molecule has 1 aliphatic rings. The van der Waals surface area contributed by atoms with Crippen molar-refractivity contribution in [1.29, 1.82) is 0 Å². The second-order valence-electron chi connectivity index (χ2n) is 7.23. The molecule has 4 heterocycles. The maximum atomic E-state index is 12.7. The number of nitrogens with zero attached hydrogens (tertiary/aromatic N) is 4. The van der Waals surface area contributed by atoms with Crippen molar-refractivity contribution >= 4 is 34.7 Å². The molecule has 0 radical (unpaired) electrons. The van der Waals surface area contributed by atoms with Gasteiger partial charge in [0.15, 0.2) is 5.69 Å². The van der Waals surface area contributed by atoms with Crippen molar-refractivity contribution in [3.8, 4) is 0 Å². The van der Waals surface area contributed by atoms with Crippen molar-refractivity contribution < 1.29 is 4.79 Å². The Morgan fingerprint density at radius 3 is 2.60 bits per heavy atom. The van der Waals surface area contributed by atoms with Crippen LogP contribution < -0.4 is 15.5 Å². The van der Waals surface area contributed by atoms with Crippen LogP contribution >= 0.6 is 11.6 Å². The van der Waals surface area contributed by atoms with Gasteiger partial charge in [0.1, 0.15) is 5.82 Å². The number of carbonyl (C=O) groups is 1. The zero-order chi connectivity index (χ0) is 20.8. The number of rotatable bonds is 6. The van der Waals surface area contributed by atoms with Gasteiger partial charge in [0.05, 0.1) is 10.7 Å². The normalized spacial score (nSPS) is 14.4. The molecule has 0 aliphatic carbocycles. The topological polar surface area (TPSA) is 83.0 Å². The Morgan fingerprint density at radius 1 is 1.07 bits per heavy atom. The summed E-state index contributed by atoms with van der Waals surface area (Å²) in [6.45, 7) is 2.83. The molecule has 1 aliphatic heterocycles. The molecule has 154 valence electrons. The van der Waals surface area contributed by atoms with E-state index in [4.69, 9.17) is 11.6 Å². The van der Waals surface area contributed by atoms with E-state index in [-0.39, 0.29) is 5.91 Å². The minimum atomic E-state index is -0.305. The first kappa shape index (κ1) is 20.1. The highest BCUT2D eigenvalue weighted by atomic mass is 35.5. The molecule has 0 aromatic carbocycles. The van der Waals surface area contributed by atoms with Gasteiger partial charge in [-0.2, -0.15) is 0 Å². The molecule has 3 aromatic heterocycles. The second kappa shape index (κ2) is 9.54. The smallest absolute Gasteiger partial charge is 0.277 e. The van der Waals surface area contributed by atoms with Crippen molar-refractivity contribution in [1.82, 2.24) is 15.0 Å². The maximum Gasteiger partial charge on any atom is 0.277 e. The summed E-state index contributed by atoms with van der Waals surface area (Å²) in [5.41, 5.74) is 2.29. The Bertz CT molecular complexity index is 974. The second-order valence-corrected chi connectivity index (χ2v) is 7.67. The van der Waals surface area contributed by atoms with Crippen LogP contribution in [-0.4, -0.2) is 40.5 Å². The third kappa shape index (κ3) is 5.04. The van der Waals surface area contributed by atoms with Gasteiger partial charge in [0, 0.05) is 50.1 Å². The summed E-state index contributed by atoms with van der Waals surface area (Å²) in [5.74, 6) is 0.669. The first-order chi connectivity index (χ1) is 14.7. The molecular formula is C22H23ClN6O. The van der Waals surface area contributed by atoms with Crippen molar-refractivity contribution in [2.45, 2.75) is 12.8 Å². The number of hydrogen-bond acceptors (Lipinski definition) is 6. The zero-order valence-electron chi connectivity index (χ0n) is 16.5. The number of nitrogens with one attached hydrogen (secondary N) is 2. The minimum absolute atomic E-state index is 0.305. The molecule has 0 saturated carbocycles. The molecule has 4 rings (SSSR count). The summed E-state index contributed by atoms with van der Waals surface area (Å²) in [7, 11) is 0. The molecule has 1 amide bonds. The number of anilines is 3. The number of pyridine rings is 3. The van der Waals surface area contributed by atoms with Crippen molar-refractivity contribution in [2.24, 2.45) is 5.92 Å². The monoisotopic (exact) mass is 422 g/mol. The van der Waals surface area contributed by atoms with Gasteiger partial charge in [-0.1, -0.05) is 11.6 Å². The fourth-order valence-electron chi connectivity index (χ4n) is 3.56. The quantitative estimate of drug-likeness (QED) is 0.622. The van der Waals surface area contributed by atoms with Crippen LogP contribution in [0.15, 0.2) is 61.2 Å². The van der Waals surface area contributed by atoms with Gasteiger partial charge in [-0.25, -0.2) is 9.97 Å². The van der Waals surface area contributed by atoms with E-state index in [2.05, 4.69) is 42.6 Å². The van der Waals surface area contributed by atoms with E-state index in [9.17, 15) is 4.79 Å². The van der Waals surface area contributed by atoms with Crippen molar-refractivity contribution in [3.63, 3.8) is 0 Å². The van der Waals surface area contributed by atoms with Gasteiger partial charge >= 0.3 is 0 Å². The molecule has 2 N–H and O–H groups in total. The van der Waals surface area contributed by atoms with E-state index < -0.39 is 0 Å². The van der Waals surface area contributed by atoms with Crippen LogP contribution in [0.2, 0.25) is 5.02 Å². The van der Waals surface area contributed by atoms with E-state index in [0.717, 1.165) is 38.2 Å². The summed E-state index contributed by atoms with van der Waals surface area (Å²) in [6.07, 6.45) is 8.95. The Balaban J connectivity index is 1.33. The third-order valence-corrected chi connectivity index (χ3v) is 5.44. The van der Waals surface area contributed by atoms with E-state index in [1.165, 1.54) is 11.9 Å². The average molecular weight is 423 g/mol. The van der Waals surface area contributed by atoms with E-state index in [0.29, 0.717) is 22.5 Å². The SMILES string of the molecule is O=C(Nc1ccc(Cl)cn1)c1ncccc1NCC1CCN(c2ccncc2)CC1. The van der Waals surface area contributed by atoms with Crippen molar-refractivity contribution in [2.75, 3.05) is 35.2 Å². The molecule has 0 atom stereocenters. The van der Waals surface area contributed by atoms with Gasteiger partial charge in [-0.3, -0.25) is 9.78 Å². The molecule has 1 fully saturated rings. The summed E-state index contributed by atoms with van der Waals surface area (Å²) in [5, 5.41) is 6.70. The molecule has 0 spiro atoms. The van der Waals surface area contributed by atoms with Crippen molar-refractivity contribution in [3.05, 3.63) is 71.9 Å². The van der Waals surface area contributed by atoms with Crippen LogP contribution in [0.25, 0.3) is 0 Å². The maximum absolute atomic E-state index is 12.7. The number of hydrogen-bond donors (Lipinski definition) is 2. The van der Waals surface area contributed by atoms with Crippen LogP contribution in [-0.2, 0) is 0 Å². The van der Waals surface area contributed by atoms with E-state index in [1.54, 1.807) is 18.3 Å². The lowest BCUT2D eigenvalue weighted by atomic mass is 9.96. The number of piperidine rings is 1. The van der Waals surface area contributed by atoms with Crippen LogP contribution in [0.4, 0.5) is 17.2 Å². The fraction of sp³-hybridized carbons (Fsp3) is 0.273. The summed E-state index contributed by atoms with van der Waals surface area (Å²) >= 11 is 5.85. The van der Waals surface area contributed by atoms with Crippen LogP contribution in [0.1, 0.15) is 23.3 Å². The highest BCUT2D eigenvalue weighted by Gasteiger charge is 2.20. The summed E-state index contributed by atoms with van der Waals surface area (Å²) in [4.78, 5) is 27.5. The first-order valence-corrected chi connectivity index (χ1v) is 10.3. The molecular weight excluding hydrogens is 400 g/mol. The number of carbonyl (C=O) groups excluding carboxylic acids is 1. The lowest BCUT2D eigenvalue weighted by molar-refractivity contribution is 0.102. The minimum Gasteiger partial charge on any atom is -0.383 e. The van der Waals surface area contributed by atoms with Gasteiger partial charge in [0.2, 0.25) is 0 Å². The predicted molar refractivity (Wildman–Crippen MR) is 119 cm³/mol. The Labute approximate surface area is 180 Å². The molecule has 0 bridgehead atoms. The molecule has 3 aromatic rings. The first-order valence-electron chi connectivity index (χ1n) is 9.96. The van der Waals surface area contributed by atoms with Crippen LogP contribution in [0.3, 0.4) is 0 Å². The Kier molecular flexibility index (Phi) is 6.39. The number of amides is 1. The average Bonchev–Trinajstić information content (AvgIpc) is 2.80. The zero-order valence-corrected chi connectivity index (χ0v) is 17.2. The molecule has 30 heavy (non-hydrogen) atoms. The van der Waals surface area contributed by atoms with Gasteiger partial charge in [0.25, 0.3) is 5.91 Å². The highest BCUT2D eigenvalue weighted by molar-refractivity contribution is 6.30. The summed E-state index contributed by atoms with van der Waals surface area (Å²) in [6, 6.07) is 11.1. The largest absolute Gasteiger partial charge is 0.383 e.